The van der Waals surface area contributed by atoms with E-state index in [2.05, 4.69) is 6.92 Å². The predicted octanol–water partition coefficient (Wildman–Crippen LogP) is 3.16. The average molecular weight is 186 g/mol. The quantitative estimate of drug-likeness (QED) is 0.451. The second kappa shape index (κ2) is 8.09. The van der Waals surface area contributed by atoms with Gasteiger partial charge in [-0.3, -0.25) is 4.79 Å². The zero-order valence-electron chi connectivity index (χ0n) is 9.14. The van der Waals surface area contributed by atoms with E-state index >= 15 is 0 Å². The number of rotatable bonds is 7. The topological polar surface area (TPSA) is 26.3 Å². The molecule has 13 heavy (non-hydrogen) atoms. The fourth-order valence-electron chi connectivity index (χ4n) is 1.26. The van der Waals surface area contributed by atoms with Crippen LogP contribution in [0.3, 0.4) is 0 Å². The van der Waals surface area contributed by atoms with Gasteiger partial charge in [-0.25, -0.2) is 0 Å². The van der Waals surface area contributed by atoms with Crippen molar-refractivity contribution in [2.75, 3.05) is 6.61 Å². The van der Waals surface area contributed by atoms with Crippen molar-refractivity contribution in [3.63, 3.8) is 0 Å². The third kappa shape index (κ3) is 5.67. The zero-order chi connectivity index (χ0) is 10.1. The van der Waals surface area contributed by atoms with Crippen molar-refractivity contribution >= 4 is 5.97 Å². The van der Waals surface area contributed by atoms with Gasteiger partial charge in [0.2, 0.25) is 0 Å². The molecule has 0 aliphatic rings. The third-order valence-corrected chi connectivity index (χ3v) is 2.31. The number of unbranched alkanes of at least 4 members (excludes halogenated alkanes) is 2. The highest BCUT2D eigenvalue weighted by Crippen LogP contribution is 2.09. The van der Waals surface area contributed by atoms with E-state index < -0.39 is 0 Å². The van der Waals surface area contributed by atoms with Gasteiger partial charge in [0.15, 0.2) is 0 Å². The van der Waals surface area contributed by atoms with E-state index in [1.165, 1.54) is 6.42 Å². The van der Waals surface area contributed by atoms with E-state index in [1.807, 2.05) is 13.8 Å². The highest BCUT2D eigenvalue weighted by molar-refractivity contribution is 5.72. The van der Waals surface area contributed by atoms with Crippen LogP contribution < -0.4 is 0 Å². The van der Waals surface area contributed by atoms with Gasteiger partial charge < -0.3 is 4.74 Å². The molecule has 0 saturated heterocycles. The minimum atomic E-state index is -0.0129. The molecule has 0 unspecified atom stereocenters. The van der Waals surface area contributed by atoms with Crippen LogP contribution in [0.2, 0.25) is 0 Å². The van der Waals surface area contributed by atoms with E-state index in [0.29, 0.717) is 6.61 Å². The molecule has 0 rings (SSSR count). The molecule has 0 spiro atoms. The van der Waals surface area contributed by atoms with Crippen molar-refractivity contribution < 1.29 is 9.53 Å². The van der Waals surface area contributed by atoms with Crippen molar-refractivity contribution in [3.8, 4) is 0 Å². The standard InChI is InChI=1S/C11H22O2/c1-4-7-8-9-13-11(12)10(5-2)6-3/h10H,4-9H2,1-3H3. The highest BCUT2D eigenvalue weighted by atomic mass is 16.5. The first kappa shape index (κ1) is 12.5. The number of carbonyl (C=O) groups is 1. The molecule has 0 aromatic carbocycles. The lowest BCUT2D eigenvalue weighted by Gasteiger charge is -2.11. The molecule has 0 fully saturated rings. The van der Waals surface area contributed by atoms with Crippen LogP contribution in [0.15, 0.2) is 0 Å². The summed E-state index contributed by atoms with van der Waals surface area (Å²) in [6.45, 7) is 6.80. The van der Waals surface area contributed by atoms with Crippen molar-refractivity contribution in [3.05, 3.63) is 0 Å². The number of hydrogen-bond acceptors (Lipinski definition) is 2. The third-order valence-electron chi connectivity index (χ3n) is 2.31. The normalized spacial score (nSPS) is 10.5. The van der Waals surface area contributed by atoms with Gasteiger partial charge in [0, 0.05) is 0 Å². The number of carbonyl (C=O) groups excluding carboxylic acids is 1. The van der Waals surface area contributed by atoms with Crippen LogP contribution in [0.5, 0.6) is 0 Å². The maximum atomic E-state index is 11.3. The molecule has 0 aliphatic heterocycles. The minimum absolute atomic E-state index is 0.0129. The lowest BCUT2D eigenvalue weighted by Crippen LogP contribution is -2.16. The van der Waals surface area contributed by atoms with E-state index in [-0.39, 0.29) is 11.9 Å². The van der Waals surface area contributed by atoms with Crippen LogP contribution in [-0.2, 0) is 9.53 Å². The Balaban J connectivity index is 3.48. The fraction of sp³-hybridized carbons (Fsp3) is 0.909. The van der Waals surface area contributed by atoms with Gasteiger partial charge in [-0.15, -0.1) is 0 Å². The van der Waals surface area contributed by atoms with Crippen molar-refractivity contribution in [2.45, 2.75) is 52.9 Å². The Kier molecular flexibility index (Phi) is 7.76. The summed E-state index contributed by atoms with van der Waals surface area (Å²) in [7, 11) is 0. The lowest BCUT2D eigenvalue weighted by atomic mass is 10.0. The molecule has 2 heteroatoms. The van der Waals surface area contributed by atoms with Crippen LogP contribution in [-0.4, -0.2) is 12.6 Å². The molecule has 0 aliphatic carbocycles. The van der Waals surface area contributed by atoms with E-state index in [9.17, 15) is 4.79 Å². The molecule has 0 heterocycles. The number of hydrogen-bond donors (Lipinski definition) is 0. The molecule has 78 valence electrons. The first-order valence-corrected chi connectivity index (χ1v) is 5.42. The number of esters is 1. The predicted molar refractivity (Wildman–Crippen MR) is 54.6 cm³/mol. The summed E-state index contributed by atoms with van der Waals surface area (Å²) in [4.78, 5) is 11.3. The maximum absolute atomic E-state index is 11.3. The fourth-order valence-corrected chi connectivity index (χ4v) is 1.26. The van der Waals surface area contributed by atoms with Gasteiger partial charge in [0.05, 0.1) is 12.5 Å². The van der Waals surface area contributed by atoms with Crippen LogP contribution in [0.4, 0.5) is 0 Å². The molecule has 2 nitrogen and oxygen atoms in total. The Hall–Kier alpha value is -0.530. The van der Waals surface area contributed by atoms with E-state index in [1.54, 1.807) is 0 Å². The van der Waals surface area contributed by atoms with Crippen LogP contribution in [0.25, 0.3) is 0 Å². The molecular formula is C11H22O2. The van der Waals surface area contributed by atoms with Crippen molar-refractivity contribution in [1.82, 2.24) is 0 Å². The largest absolute Gasteiger partial charge is 0.465 e. The van der Waals surface area contributed by atoms with E-state index in [4.69, 9.17) is 4.74 Å². The van der Waals surface area contributed by atoms with Gasteiger partial charge in [-0.05, 0) is 19.3 Å². The maximum Gasteiger partial charge on any atom is 0.308 e. The summed E-state index contributed by atoms with van der Waals surface area (Å²) in [5, 5.41) is 0. The Morgan fingerprint density at radius 1 is 1.15 bits per heavy atom. The summed E-state index contributed by atoms with van der Waals surface area (Å²) in [6, 6.07) is 0. The van der Waals surface area contributed by atoms with Gasteiger partial charge in [0.1, 0.15) is 0 Å². The molecule has 0 radical (unpaired) electrons. The van der Waals surface area contributed by atoms with E-state index in [0.717, 1.165) is 25.7 Å². The monoisotopic (exact) mass is 186 g/mol. The SMILES string of the molecule is CCCCCOC(=O)C(CC)CC. The minimum Gasteiger partial charge on any atom is -0.465 e. The second-order valence-corrected chi connectivity index (χ2v) is 3.39. The highest BCUT2D eigenvalue weighted by Gasteiger charge is 2.14. The van der Waals surface area contributed by atoms with Crippen LogP contribution in [0.1, 0.15) is 52.9 Å². The molecule has 0 aromatic heterocycles. The van der Waals surface area contributed by atoms with Crippen molar-refractivity contribution in [2.24, 2.45) is 5.92 Å². The van der Waals surface area contributed by atoms with Gasteiger partial charge in [0.25, 0.3) is 0 Å². The molecular weight excluding hydrogens is 164 g/mol. The Labute approximate surface area is 81.7 Å². The summed E-state index contributed by atoms with van der Waals surface area (Å²) in [5.41, 5.74) is 0. The first-order chi connectivity index (χ1) is 6.26. The molecule has 0 aromatic rings. The second-order valence-electron chi connectivity index (χ2n) is 3.39. The smallest absolute Gasteiger partial charge is 0.308 e. The summed E-state index contributed by atoms with van der Waals surface area (Å²) < 4.78 is 5.15. The molecule has 0 bridgehead atoms. The van der Waals surface area contributed by atoms with Crippen LogP contribution in [0, 0.1) is 5.92 Å². The summed E-state index contributed by atoms with van der Waals surface area (Å²) >= 11 is 0. The number of ether oxygens (including phenoxy) is 1. The Morgan fingerprint density at radius 3 is 2.23 bits per heavy atom. The lowest BCUT2D eigenvalue weighted by molar-refractivity contribution is -0.148. The molecule has 0 N–H and O–H groups in total. The Morgan fingerprint density at radius 2 is 1.77 bits per heavy atom. The van der Waals surface area contributed by atoms with Gasteiger partial charge in [-0.1, -0.05) is 33.6 Å². The molecule has 0 saturated carbocycles. The van der Waals surface area contributed by atoms with Gasteiger partial charge in [-0.2, -0.15) is 0 Å². The molecule has 0 atom stereocenters. The summed E-state index contributed by atoms with van der Waals surface area (Å²) in [6.07, 6.45) is 5.10. The summed E-state index contributed by atoms with van der Waals surface area (Å²) in [5.74, 6) is 0.0997. The van der Waals surface area contributed by atoms with Crippen LogP contribution >= 0.6 is 0 Å². The van der Waals surface area contributed by atoms with Crippen molar-refractivity contribution in [1.29, 1.82) is 0 Å². The molecule has 0 amide bonds. The Bertz CT molecular complexity index is 128. The first-order valence-electron chi connectivity index (χ1n) is 5.42. The van der Waals surface area contributed by atoms with Gasteiger partial charge >= 0.3 is 5.97 Å². The zero-order valence-corrected chi connectivity index (χ0v) is 9.14. The average Bonchev–Trinajstić information content (AvgIpc) is 2.14.